The Balaban J connectivity index is 0. The van der Waals surface area contributed by atoms with Gasteiger partial charge >= 0.3 is 0 Å². The topological polar surface area (TPSA) is 44.4 Å². The van der Waals surface area contributed by atoms with Gasteiger partial charge in [-0.05, 0) is 39.8 Å². The summed E-state index contributed by atoms with van der Waals surface area (Å²) < 4.78 is 0. The highest BCUT2D eigenvalue weighted by Crippen LogP contribution is 2.06. The van der Waals surface area contributed by atoms with Gasteiger partial charge in [-0.1, -0.05) is 13.3 Å². The SMILES string of the molecule is CCC(C)N(C)CCNC(=O)[C@@H]1CCCCN1.Cl.Cl. The normalized spacial score (nSPS) is 20.1. The first kappa shape index (κ1) is 21.3. The smallest absolute Gasteiger partial charge is 0.237 e. The van der Waals surface area contributed by atoms with Crippen LogP contribution in [0.3, 0.4) is 0 Å². The molecule has 0 aromatic rings. The molecule has 1 aliphatic heterocycles. The van der Waals surface area contributed by atoms with Crippen molar-refractivity contribution in [3.05, 3.63) is 0 Å². The first-order valence-electron chi connectivity index (χ1n) is 6.86. The summed E-state index contributed by atoms with van der Waals surface area (Å²) in [7, 11) is 2.11. The maximum atomic E-state index is 11.8. The molecule has 0 spiro atoms. The van der Waals surface area contributed by atoms with E-state index < -0.39 is 0 Å². The van der Waals surface area contributed by atoms with E-state index in [9.17, 15) is 4.79 Å². The minimum absolute atomic E-state index is 0. The Morgan fingerprint density at radius 1 is 1.42 bits per heavy atom. The molecule has 1 aliphatic rings. The van der Waals surface area contributed by atoms with E-state index in [1.165, 1.54) is 6.42 Å². The van der Waals surface area contributed by atoms with Crippen LogP contribution in [0, 0.1) is 0 Å². The van der Waals surface area contributed by atoms with E-state index in [0.29, 0.717) is 6.04 Å². The van der Waals surface area contributed by atoms with Gasteiger partial charge in [0.15, 0.2) is 0 Å². The number of rotatable bonds is 6. The molecule has 4 nitrogen and oxygen atoms in total. The lowest BCUT2D eigenvalue weighted by Gasteiger charge is -2.25. The van der Waals surface area contributed by atoms with Gasteiger partial charge in [0.25, 0.3) is 0 Å². The Hall–Kier alpha value is -0.0300. The molecule has 1 heterocycles. The third-order valence-electron chi connectivity index (χ3n) is 3.73. The van der Waals surface area contributed by atoms with Crippen molar-refractivity contribution < 1.29 is 4.79 Å². The molecule has 19 heavy (non-hydrogen) atoms. The van der Waals surface area contributed by atoms with Crippen LogP contribution in [0.1, 0.15) is 39.5 Å². The molecular formula is C13H29Cl2N3O. The number of nitrogens with one attached hydrogen (secondary N) is 2. The number of hydrogen-bond acceptors (Lipinski definition) is 3. The molecule has 1 unspecified atom stereocenters. The minimum Gasteiger partial charge on any atom is -0.353 e. The Morgan fingerprint density at radius 2 is 2.11 bits per heavy atom. The Morgan fingerprint density at radius 3 is 2.63 bits per heavy atom. The molecule has 1 fully saturated rings. The molecular weight excluding hydrogens is 285 g/mol. The second-order valence-electron chi connectivity index (χ2n) is 5.03. The van der Waals surface area contributed by atoms with Crippen molar-refractivity contribution in [2.45, 2.75) is 51.6 Å². The zero-order valence-corrected chi connectivity index (χ0v) is 13.9. The van der Waals surface area contributed by atoms with E-state index in [-0.39, 0.29) is 36.8 Å². The van der Waals surface area contributed by atoms with Crippen LogP contribution >= 0.6 is 24.8 Å². The van der Waals surface area contributed by atoms with Crippen LogP contribution in [0.15, 0.2) is 0 Å². The van der Waals surface area contributed by atoms with E-state index in [1.54, 1.807) is 0 Å². The van der Waals surface area contributed by atoms with Crippen LogP contribution in [0.5, 0.6) is 0 Å². The number of halogens is 2. The van der Waals surface area contributed by atoms with Crippen molar-refractivity contribution in [3.8, 4) is 0 Å². The van der Waals surface area contributed by atoms with Crippen LogP contribution < -0.4 is 10.6 Å². The molecule has 1 saturated heterocycles. The largest absolute Gasteiger partial charge is 0.353 e. The highest BCUT2D eigenvalue weighted by atomic mass is 35.5. The first-order valence-corrected chi connectivity index (χ1v) is 6.86. The zero-order valence-electron chi connectivity index (χ0n) is 12.3. The van der Waals surface area contributed by atoms with E-state index in [2.05, 4.69) is 36.4 Å². The van der Waals surface area contributed by atoms with Gasteiger partial charge in [0.2, 0.25) is 5.91 Å². The van der Waals surface area contributed by atoms with E-state index in [4.69, 9.17) is 0 Å². The molecule has 116 valence electrons. The molecule has 0 radical (unpaired) electrons. The monoisotopic (exact) mass is 313 g/mol. The molecule has 0 bridgehead atoms. The maximum absolute atomic E-state index is 11.8. The summed E-state index contributed by atoms with van der Waals surface area (Å²) >= 11 is 0. The number of hydrogen-bond donors (Lipinski definition) is 2. The highest BCUT2D eigenvalue weighted by molar-refractivity contribution is 5.85. The molecule has 0 aliphatic carbocycles. The van der Waals surface area contributed by atoms with Gasteiger partial charge < -0.3 is 15.5 Å². The van der Waals surface area contributed by atoms with Crippen LogP contribution in [0.25, 0.3) is 0 Å². The number of nitrogens with zero attached hydrogens (tertiary/aromatic N) is 1. The highest BCUT2D eigenvalue weighted by Gasteiger charge is 2.19. The van der Waals surface area contributed by atoms with Crippen LogP contribution in [0.2, 0.25) is 0 Å². The second-order valence-corrected chi connectivity index (χ2v) is 5.03. The van der Waals surface area contributed by atoms with Gasteiger partial charge in [-0.3, -0.25) is 4.79 Å². The fourth-order valence-corrected chi connectivity index (χ4v) is 2.09. The molecule has 2 atom stereocenters. The molecule has 2 N–H and O–H groups in total. The Labute approximate surface area is 129 Å². The average molecular weight is 314 g/mol. The van der Waals surface area contributed by atoms with Crippen molar-refractivity contribution in [1.82, 2.24) is 15.5 Å². The number of carbonyl (C=O) groups excluding carboxylic acids is 1. The quantitative estimate of drug-likeness (QED) is 0.786. The van der Waals surface area contributed by atoms with Crippen molar-refractivity contribution in [2.75, 3.05) is 26.7 Å². The molecule has 1 amide bonds. The summed E-state index contributed by atoms with van der Waals surface area (Å²) in [6, 6.07) is 0.623. The fraction of sp³-hybridized carbons (Fsp3) is 0.923. The summed E-state index contributed by atoms with van der Waals surface area (Å²) in [6.07, 6.45) is 4.49. The van der Waals surface area contributed by atoms with Gasteiger partial charge in [-0.2, -0.15) is 0 Å². The van der Waals surface area contributed by atoms with Gasteiger partial charge in [-0.15, -0.1) is 24.8 Å². The summed E-state index contributed by atoms with van der Waals surface area (Å²) in [6.45, 7) is 7.05. The molecule has 0 saturated carbocycles. The first-order chi connectivity index (χ1) is 8.15. The minimum atomic E-state index is 0. The van der Waals surface area contributed by atoms with Crippen molar-refractivity contribution in [2.24, 2.45) is 0 Å². The third-order valence-corrected chi connectivity index (χ3v) is 3.73. The van der Waals surface area contributed by atoms with Gasteiger partial charge in [0.1, 0.15) is 0 Å². The predicted molar refractivity (Wildman–Crippen MR) is 85.5 cm³/mol. The fourth-order valence-electron chi connectivity index (χ4n) is 2.09. The lowest BCUT2D eigenvalue weighted by atomic mass is 10.0. The number of piperidine rings is 1. The summed E-state index contributed by atoms with van der Waals surface area (Å²) in [5.74, 6) is 0.169. The Bertz CT molecular complexity index is 236. The third kappa shape index (κ3) is 7.98. The zero-order chi connectivity index (χ0) is 12.7. The molecule has 6 heteroatoms. The van der Waals surface area contributed by atoms with Crippen LogP contribution in [-0.2, 0) is 4.79 Å². The average Bonchev–Trinajstić information content (AvgIpc) is 2.38. The molecule has 0 aromatic heterocycles. The summed E-state index contributed by atoms with van der Waals surface area (Å²) in [4.78, 5) is 14.1. The number of likely N-dealkylation sites (N-methyl/N-ethyl adjacent to an activating group) is 1. The summed E-state index contributed by atoms with van der Waals surface area (Å²) in [5, 5.41) is 6.28. The molecule has 0 aromatic carbocycles. The lowest BCUT2D eigenvalue weighted by Crippen LogP contribution is -2.48. The predicted octanol–water partition coefficient (Wildman–Crippen LogP) is 1.82. The summed E-state index contributed by atoms with van der Waals surface area (Å²) in [5.41, 5.74) is 0. The van der Waals surface area contributed by atoms with Crippen molar-refractivity contribution >= 4 is 30.7 Å². The number of carbonyl (C=O) groups is 1. The van der Waals surface area contributed by atoms with Crippen LogP contribution in [-0.4, -0.2) is 49.6 Å². The van der Waals surface area contributed by atoms with Gasteiger partial charge in [0, 0.05) is 19.1 Å². The Kier molecular flexibility index (Phi) is 13.2. The van der Waals surface area contributed by atoms with Gasteiger partial charge in [0.05, 0.1) is 6.04 Å². The lowest BCUT2D eigenvalue weighted by molar-refractivity contribution is -0.123. The van der Waals surface area contributed by atoms with Crippen molar-refractivity contribution in [3.63, 3.8) is 0 Å². The number of amides is 1. The molecule has 1 rings (SSSR count). The maximum Gasteiger partial charge on any atom is 0.237 e. The standard InChI is InChI=1S/C13H27N3O.2ClH/c1-4-11(2)16(3)10-9-15-13(17)12-7-5-6-8-14-12;;/h11-12,14H,4-10H2,1-3H3,(H,15,17);2*1H/t11?,12-;;/m0../s1. The van der Waals surface area contributed by atoms with E-state index >= 15 is 0 Å². The van der Waals surface area contributed by atoms with Crippen molar-refractivity contribution in [1.29, 1.82) is 0 Å². The second kappa shape index (κ2) is 11.8. The van der Waals surface area contributed by atoms with E-state index in [0.717, 1.165) is 38.9 Å². The van der Waals surface area contributed by atoms with Gasteiger partial charge in [-0.25, -0.2) is 0 Å². The van der Waals surface area contributed by atoms with E-state index in [1.807, 2.05) is 0 Å². The van der Waals surface area contributed by atoms with Crippen LogP contribution in [0.4, 0.5) is 0 Å².